The quantitative estimate of drug-likeness (QED) is 0.598. The molecule has 0 radical (unpaired) electrons. The van der Waals surface area contributed by atoms with Crippen LogP contribution in [0.5, 0.6) is 0 Å². The van der Waals surface area contributed by atoms with Gasteiger partial charge in [-0.3, -0.25) is 0 Å². The molecular formula is C6H13NO3S. The summed E-state index contributed by atoms with van der Waals surface area (Å²) in [5.74, 6) is 5.19. The Labute approximate surface area is 66.6 Å². The molecule has 4 nitrogen and oxygen atoms in total. The molecule has 0 aliphatic carbocycles. The summed E-state index contributed by atoms with van der Waals surface area (Å²) in [7, 11) is -2.90. The minimum Gasteiger partial charge on any atom is -0.300 e. The Kier molecular flexibility index (Phi) is 2.51. The van der Waals surface area contributed by atoms with E-state index in [0.717, 1.165) is 6.42 Å². The summed E-state index contributed by atoms with van der Waals surface area (Å²) in [5, 5.41) is -0.382. The van der Waals surface area contributed by atoms with Crippen molar-refractivity contribution in [3.63, 3.8) is 0 Å². The highest BCUT2D eigenvalue weighted by atomic mass is 32.2. The van der Waals surface area contributed by atoms with Crippen LogP contribution in [0.25, 0.3) is 0 Å². The third-order valence-electron chi connectivity index (χ3n) is 2.12. The van der Waals surface area contributed by atoms with Crippen molar-refractivity contribution in [1.82, 2.24) is 0 Å². The zero-order valence-corrected chi connectivity index (χ0v) is 7.30. The third kappa shape index (κ3) is 1.72. The molecule has 66 valence electrons. The first kappa shape index (κ1) is 8.96. The van der Waals surface area contributed by atoms with Gasteiger partial charge in [-0.1, -0.05) is 0 Å². The Balaban J connectivity index is 2.73. The van der Waals surface area contributed by atoms with Gasteiger partial charge in [-0.25, -0.2) is 14.3 Å². The average molecular weight is 179 g/mol. The number of hydrogen-bond acceptors (Lipinski definition) is 4. The van der Waals surface area contributed by atoms with Crippen molar-refractivity contribution in [1.29, 1.82) is 0 Å². The molecule has 2 atom stereocenters. The Morgan fingerprint density at radius 2 is 2.27 bits per heavy atom. The van der Waals surface area contributed by atoms with E-state index in [2.05, 4.69) is 4.84 Å². The summed E-state index contributed by atoms with van der Waals surface area (Å²) in [6.07, 6.45) is 1.05. The van der Waals surface area contributed by atoms with E-state index < -0.39 is 9.84 Å². The standard InChI is InChI=1S/C6H13NO3S/c1-5(10-7)6-3-2-4-11(6,8)9/h5-6H,2-4,7H2,1H3. The molecule has 0 spiro atoms. The lowest BCUT2D eigenvalue weighted by Gasteiger charge is -2.14. The molecule has 0 amide bonds. The molecule has 5 heteroatoms. The molecule has 0 aromatic carbocycles. The SMILES string of the molecule is CC(ON)C1CCCS1(=O)=O. The summed E-state index contributed by atoms with van der Waals surface area (Å²) in [6, 6.07) is 0. The van der Waals surface area contributed by atoms with E-state index in [-0.39, 0.29) is 17.1 Å². The zero-order chi connectivity index (χ0) is 8.48. The van der Waals surface area contributed by atoms with Crippen molar-refractivity contribution in [3.05, 3.63) is 0 Å². The van der Waals surface area contributed by atoms with Crippen LogP contribution in [0.1, 0.15) is 19.8 Å². The van der Waals surface area contributed by atoms with Crippen molar-refractivity contribution in [2.24, 2.45) is 5.90 Å². The van der Waals surface area contributed by atoms with E-state index in [1.807, 2.05) is 0 Å². The predicted molar refractivity (Wildman–Crippen MR) is 41.5 cm³/mol. The van der Waals surface area contributed by atoms with Gasteiger partial charge in [0.15, 0.2) is 9.84 Å². The van der Waals surface area contributed by atoms with E-state index in [9.17, 15) is 8.42 Å². The first-order valence-corrected chi connectivity index (χ1v) is 5.36. The van der Waals surface area contributed by atoms with Crippen LogP contribution in [-0.4, -0.2) is 25.5 Å². The highest BCUT2D eigenvalue weighted by molar-refractivity contribution is 7.92. The van der Waals surface area contributed by atoms with Crippen LogP contribution in [0.2, 0.25) is 0 Å². The number of rotatable bonds is 2. The molecule has 1 fully saturated rings. The van der Waals surface area contributed by atoms with Gasteiger partial charge in [-0.2, -0.15) is 0 Å². The van der Waals surface area contributed by atoms with Crippen LogP contribution >= 0.6 is 0 Å². The van der Waals surface area contributed by atoms with Gasteiger partial charge in [-0.05, 0) is 19.8 Å². The molecule has 2 N–H and O–H groups in total. The van der Waals surface area contributed by atoms with Gasteiger partial charge < -0.3 is 4.84 Å². The second kappa shape index (κ2) is 3.08. The molecule has 2 unspecified atom stereocenters. The number of sulfone groups is 1. The van der Waals surface area contributed by atoms with Crippen molar-refractivity contribution in [3.8, 4) is 0 Å². The Hall–Kier alpha value is -0.130. The fraction of sp³-hybridized carbons (Fsp3) is 1.00. The molecule has 0 saturated carbocycles. The Bertz CT molecular complexity index is 224. The normalized spacial score (nSPS) is 32.0. The van der Waals surface area contributed by atoms with Crippen molar-refractivity contribution in [2.45, 2.75) is 31.1 Å². The fourth-order valence-corrected chi connectivity index (χ4v) is 3.48. The van der Waals surface area contributed by atoms with E-state index in [0.29, 0.717) is 6.42 Å². The Morgan fingerprint density at radius 3 is 2.64 bits per heavy atom. The smallest absolute Gasteiger partial charge is 0.155 e. The van der Waals surface area contributed by atoms with E-state index in [1.54, 1.807) is 6.92 Å². The average Bonchev–Trinajstić information content (AvgIpc) is 2.28. The molecule has 0 bridgehead atoms. The summed E-state index contributed by atoms with van der Waals surface area (Å²) >= 11 is 0. The van der Waals surface area contributed by atoms with E-state index >= 15 is 0 Å². The summed E-state index contributed by atoms with van der Waals surface area (Å²) < 4.78 is 22.5. The van der Waals surface area contributed by atoms with E-state index in [1.165, 1.54) is 0 Å². The van der Waals surface area contributed by atoms with Gasteiger partial charge in [0, 0.05) is 0 Å². The van der Waals surface area contributed by atoms with E-state index in [4.69, 9.17) is 5.90 Å². The number of hydrogen-bond donors (Lipinski definition) is 1. The maximum atomic E-state index is 11.2. The highest BCUT2D eigenvalue weighted by Crippen LogP contribution is 2.23. The van der Waals surface area contributed by atoms with Crippen molar-refractivity contribution in [2.75, 3.05) is 5.75 Å². The second-order valence-corrected chi connectivity index (χ2v) is 5.23. The molecule has 1 saturated heterocycles. The highest BCUT2D eigenvalue weighted by Gasteiger charge is 2.35. The minimum atomic E-state index is -2.90. The van der Waals surface area contributed by atoms with Crippen LogP contribution in [0.3, 0.4) is 0 Å². The number of nitrogens with two attached hydrogens (primary N) is 1. The first-order valence-electron chi connectivity index (χ1n) is 3.65. The lowest BCUT2D eigenvalue weighted by molar-refractivity contribution is 0.0631. The van der Waals surface area contributed by atoms with Gasteiger partial charge in [0.05, 0.1) is 17.1 Å². The lowest BCUT2D eigenvalue weighted by atomic mass is 10.2. The minimum absolute atomic E-state index is 0.283. The lowest BCUT2D eigenvalue weighted by Crippen LogP contribution is -2.32. The first-order chi connectivity index (χ1) is 5.08. The molecule has 0 aromatic heterocycles. The third-order valence-corrected chi connectivity index (χ3v) is 4.52. The Morgan fingerprint density at radius 1 is 1.64 bits per heavy atom. The van der Waals surface area contributed by atoms with Crippen molar-refractivity contribution < 1.29 is 13.3 Å². The maximum Gasteiger partial charge on any atom is 0.155 e. The van der Waals surface area contributed by atoms with Crippen LogP contribution < -0.4 is 5.90 Å². The summed E-state index contributed by atoms with van der Waals surface area (Å²) in [5.41, 5.74) is 0. The van der Waals surface area contributed by atoms with Crippen molar-refractivity contribution >= 4 is 9.84 Å². The summed E-state index contributed by atoms with van der Waals surface area (Å²) in [4.78, 5) is 4.49. The maximum absolute atomic E-state index is 11.2. The monoisotopic (exact) mass is 179 g/mol. The molecule has 11 heavy (non-hydrogen) atoms. The van der Waals surface area contributed by atoms with Crippen LogP contribution in [0, 0.1) is 0 Å². The topological polar surface area (TPSA) is 69.4 Å². The van der Waals surface area contributed by atoms with Gasteiger partial charge in [-0.15, -0.1) is 0 Å². The van der Waals surface area contributed by atoms with Gasteiger partial charge in [0.2, 0.25) is 0 Å². The van der Waals surface area contributed by atoms with Gasteiger partial charge >= 0.3 is 0 Å². The largest absolute Gasteiger partial charge is 0.300 e. The van der Waals surface area contributed by atoms with Gasteiger partial charge in [0.25, 0.3) is 0 Å². The van der Waals surface area contributed by atoms with Crippen LogP contribution in [0.15, 0.2) is 0 Å². The van der Waals surface area contributed by atoms with Crippen LogP contribution in [-0.2, 0) is 14.7 Å². The van der Waals surface area contributed by atoms with Gasteiger partial charge in [0.1, 0.15) is 0 Å². The molecule has 1 aliphatic rings. The van der Waals surface area contributed by atoms with Crippen LogP contribution in [0.4, 0.5) is 0 Å². The molecule has 0 aromatic rings. The molecule has 1 rings (SSSR count). The summed E-state index contributed by atoms with van der Waals surface area (Å²) in [6.45, 7) is 1.69. The zero-order valence-electron chi connectivity index (χ0n) is 6.49. The molecule has 1 heterocycles. The molecular weight excluding hydrogens is 166 g/mol. The second-order valence-electron chi connectivity index (χ2n) is 2.89. The predicted octanol–water partition coefficient (Wildman–Crippen LogP) is -0.158. The molecule has 1 aliphatic heterocycles. The fourth-order valence-electron chi connectivity index (χ4n) is 1.43.